The summed E-state index contributed by atoms with van der Waals surface area (Å²) in [5.74, 6) is 1.51. The van der Waals surface area contributed by atoms with Crippen molar-refractivity contribution in [2.75, 3.05) is 0 Å². The van der Waals surface area contributed by atoms with Crippen molar-refractivity contribution in [2.24, 2.45) is 5.73 Å². The summed E-state index contributed by atoms with van der Waals surface area (Å²) in [4.78, 5) is 8.76. The maximum Gasteiger partial charge on any atom is 0.162 e. The van der Waals surface area contributed by atoms with E-state index < -0.39 is 0 Å². The van der Waals surface area contributed by atoms with E-state index in [2.05, 4.69) is 9.97 Å². The normalized spacial score (nSPS) is 12.8. The van der Waals surface area contributed by atoms with Gasteiger partial charge in [0.25, 0.3) is 0 Å². The number of rotatable bonds is 2. The van der Waals surface area contributed by atoms with E-state index in [0.29, 0.717) is 5.82 Å². The van der Waals surface area contributed by atoms with E-state index >= 15 is 0 Å². The van der Waals surface area contributed by atoms with Gasteiger partial charge in [-0.1, -0.05) is 0 Å². The highest BCUT2D eigenvalue weighted by Gasteiger charge is 2.11. The molecule has 1 atom stereocenters. The molecular formula is C12H15N3O. The molecule has 0 radical (unpaired) electrons. The topological polar surface area (TPSA) is 64.9 Å². The average molecular weight is 217 g/mol. The number of aromatic nitrogens is 2. The number of hydrogen-bond acceptors (Lipinski definition) is 4. The molecule has 2 rings (SSSR count). The lowest BCUT2D eigenvalue weighted by Gasteiger charge is -2.09. The van der Waals surface area contributed by atoms with Crippen LogP contribution in [0.4, 0.5) is 0 Å². The Bertz CT molecular complexity index is 503. The highest BCUT2D eigenvalue weighted by atomic mass is 16.3. The van der Waals surface area contributed by atoms with Crippen LogP contribution in [0.15, 0.2) is 22.9 Å². The van der Waals surface area contributed by atoms with Crippen LogP contribution in [-0.4, -0.2) is 9.97 Å². The largest absolute Gasteiger partial charge is 0.469 e. The monoisotopic (exact) mass is 217 g/mol. The van der Waals surface area contributed by atoms with Gasteiger partial charge < -0.3 is 10.2 Å². The molecule has 84 valence electrons. The van der Waals surface area contributed by atoms with Crippen LogP contribution in [0.3, 0.4) is 0 Å². The summed E-state index contributed by atoms with van der Waals surface area (Å²) in [6, 6.07) is 1.83. The molecule has 2 aromatic heterocycles. The van der Waals surface area contributed by atoms with Crippen LogP contribution in [0.5, 0.6) is 0 Å². The summed E-state index contributed by atoms with van der Waals surface area (Å²) in [6.45, 7) is 5.77. The van der Waals surface area contributed by atoms with Crippen LogP contribution >= 0.6 is 0 Å². The molecule has 16 heavy (non-hydrogen) atoms. The Labute approximate surface area is 94.5 Å². The zero-order valence-electron chi connectivity index (χ0n) is 9.69. The van der Waals surface area contributed by atoms with Crippen molar-refractivity contribution in [2.45, 2.75) is 26.8 Å². The van der Waals surface area contributed by atoms with Gasteiger partial charge in [-0.25, -0.2) is 9.97 Å². The summed E-state index contributed by atoms with van der Waals surface area (Å²) >= 11 is 0. The highest BCUT2D eigenvalue weighted by molar-refractivity contribution is 5.57. The zero-order chi connectivity index (χ0) is 11.7. The van der Waals surface area contributed by atoms with Crippen molar-refractivity contribution in [3.63, 3.8) is 0 Å². The fourth-order valence-electron chi connectivity index (χ4n) is 1.67. The van der Waals surface area contributed by atoms with Crippen molar-refractivity contribution in [3.8, 4) is 11.4 Å². The maximum atomic E-state index is 5.81. The van der Waals surface area contributed by atoms with Gasteiger partial charge in [-0.3, -0.25) is 0 Å². The Morgan fingerprint density at radius 3 is 2.62 bits per heavy atom. The SMILES string of the molecule is Cc1nc(-c2ccoc2C)ncc1[C@@H](C)N. The van der Waals surface area contributed by atoms with Gasteiger partial charge in [0.2, 0.25) is 0 Å². The Morgan fingerprint density at radius 2 is 2.12 bits per heavy atom. The minimum absolute atomic E-state index is 0.0421. The third-order valence-electron chi connectivity index (χ3n) is 2.61. The molecule has 2 aromatic rings. The quantitative estimate of drug-likeness (QED) is 0.838. The fourth-order valence-corrected chi connectivity index (χ4v) is 1.67. The number of furan rings is 1. The van der Waals surface area contributed by atoms with E-state index in [1.54, 1.807) is 12.5 Å². The summed E-state index contributed by atoms with van der Waals surface area (Å²) in [5, 5.41) is 0. The number of aryl methyl sites for hydroxylation is 2. The first-order chi connectivity index (χ1) is 7.59. The van der Waals surface area contributed by atoms with Crippen molar-refractivity contribution < 1.29 is 4.42 Å². The summed E-state index contributed by atoms with van der Waals surface area (Å²) < 4.78 is 5.23. The van der Waals surface area contributed by atoms with E-state index in [4.69, 9.17) is 10.2 Å². The molecule has 0 aromatic carbocycles. The van der Waals surface area contributed by atoms with Crippen molar-refractivity contribution in [3.05, 3.63) is 35.5 Å². The van der Waals surface area contributed by atoms with E-state index in [1.807, 2.05) is 26.8 Å². The second-order valence-corrected chi connectivity index (χ2v) is 3.91. The first-order valence-electron chi connectivity index (χ1n) is 5.23. The Balaban J connectivity index is 2.46. The van der Waals surface area contributed by atoms with Gasteiger partial charge in [-0.05, 0) is 26.8 Å². The molecule has 0 aliphatic heterocycles. The van der Waals surface area contributed by atoms with Gasteiger partial charge in [0.05, 0.1) is 11.8 Å². The molecule has 0 spiro atoms. The van der Waals surface area contributed by atoms with E-state index in [0.717, 1.165) is 22.6 Å². The lowest BCUT2D eigenvalue weighted by molar-refractivity contribution is 0.535. The third kappa shape index (κ3) is 1.84. The molecule has 0 aliphatic rings. The lowest BCUT2D eigenvalue weighted by Crippen LogP contribution is -2.09. The Hall–Kier alpha value is -1.68. The molecule has 0 saturated carbocycles. The third-order valence-corrected chi connectivity index (χ3v) is 2.61. The van der Waals surface area contributed by atoms with Gasteiger partial charge >= 0.3 is 0 Å². The molecule has 4 heteroatoms. The molecule has 4 nitrogen and oxygen atoms in total. The molecule has 0 fully saturated rings. The minimum atomic E-state index is -0.0421. The summed E-state index contributed by atoms with van der Waals surface area (Å²) in [6.07, 6.45) is 3.43. The Kier molecular flexibility index (Phi) is 2.75. The predicted molar refractivity (Wildman–Crippen MR) is 61.8 cm³/mol. The van der Waals surface area contributed by atoms with Crippen LogP contribution in [0, 0.1) is 13.8 Å². The molecule has 0 aliphatic carbocycles. The highest BCUT2D eigenvalue weighted by Crippen LogP contribution is 2.22. The fraction of sp³-hybridized carbons (Fsp3) is 0.333. The molecule has 0 unspecified atom stereocenters. The van der Waals surface area contributed by atoms with Crippen LogP contribution in [0.2, 0.25) is 0 Å². The number of hydrogen-bond donors (Lipinski definition) is 1. The van der Waals surface area contributed by atoms with Gasteiger partial charge in [0, 0.05) is 23.5 Å². The van der Waals surface area contributed by atoms with Crippen molar-refractivity contribution in [1.29, 1.82) is 0 Å². The van der Waals surface area contributed by atoms with Gasteiger partial charge in [-0.2, -0.15) is 0 Å². The van der Waals surface area contributed by atoms with Crippen LogP contribution in [0.1, 0.15) is 30.0 Å². The van der Waals surface area contributed by atoms with Crippen molar-refractivity contribution >= 4 is 0 Å². The molecule has 2 N–H and O–H groups in total. The number of nitrogens with zero attached hydrogens (tertiary/aromatic N) is 2. The van der Waals surface area contributed by atoms with E-state index in [9.17, 15) is 0 Å². The number of nitrogens with two attached hydrogens (primary N) is 1. The maximum absolute atomic E-state index is 5.81. The van der Waals surface area contributed by atoms with Gasteiger partial charge in [0.15, 0.2) is 5.82 Å². The zero-order valence-corrected chi connectivity index (χ0v) is 9.69. The smallest absolute Gasteiger partial charge is 0.162 e. The summed E-state index contributed by atoms with van der Waals surface area (Å²) in [5.41, 5.74) is 8.64. The van der Waals surface area contributed by atoms with E-state index in [-0.39, 0.29) is 6.04 Å². The molecule has 0 bridgehead atoms. The first-order valence-corrected chi connectivity index (χ1v) is 5.23. The van der Waals surface area contributed by atoms with Gasteiger partial charge in [-0.15, -0.1) is 0 Å². The average Bonchev–Trinajstić information content (AvgIpc) is 2.63. The van der Waals surface area contributed by atoms with Crippen LogP contribution in [0.25, 0.3) is 11.4 Å². The second-order valence-electron chi connectivity index (χ2n) is 3.91. The van der Waals surface area contributed by atoms with Crippen LogP contribution in [-0.2, 0) is 0 Å². The second kappa shape index (κ2) is 4.06. The molecular weight excluding hydrogens is 202 g/mol. The first kappa shape index (κ1) is 10.8. The molecule has 0 amide bonds. The predicted octanol–water partition coefficient (Wildman–Crippen LogP) is 2.37. The summed E-state index contributed by atoms with van der Waals surface area (Å²) in [7, 11) is 0. The molecule has 2 heterocycles. The Morgan fingerprint density at radius 1 is 1.38 bits per heavy atom. The molecule has 0 saturated heterocycles. The van der Waals surface area contributed by atoms with Crippen molar-refractivity contribution in [1.82, 2.24) is 9.97 Å². The lowest BCUT2D eigenvalue weighted by atomic mass is 10.1. The standard InChI is InChI=1S/C12H15N3O/c1-7(13)11-6-14-12(15-8(11)2)10-4-5-16-9(10)3/h4-7H,13H2,1-3H3/t7-/m1/s1. The van der Waals surface area contributed by atoms with Crippen LogP contribution < -0.4 is 5.73 Å². The van der Waals surface area contributed by atoms with E-state index in [1.165, 1.54) is 0 Å². The van der Waals surface area contributed by atoms with Gasteiger partial charge in [0.1, 0.15) is 5.76 Å². The minimum Gasteiger partial charge on any atom is -0.469 e.